The van der Waals surface area contributed by atoms with E-state index < -0.39 is 0 Å². The first kappa shape index (κ1) is 16.4. The van der Waals surface area contributed by atoms with Crippen molar-refractivity contribution in [1.82, 2.24) is 5.32 Å². The Hall–Kier alpha value is -0.610. The molecule has 0 aliphatic rings. The van der Waals surface area contributed by atoms with E-state index in [1.807, 2.05) is 12.1 Å². The molecule has 2 unspecified atom stereocenters. The zero-order chi connectivity index (χ0) is 14.1. The second-order valence-corrected chi connectivity index (χ2v) is 5.16. The van der Waals surface area contributed by atoms with E-state index in [0.29, 0.717) is 5.92 Å². The van der Waals surface area contributed by atoms with Gasteiger partial charge < -0.3 is 14.8 Å². The van der Waals surface area contributed by atoms with Gasteiger partial charge in [-0.15, -0.1) is 0 Å². The summed E-state index contributed by atoms with van der Waals surface area (Å²) >= 11 is 5.94. The Bertz CT molecular complexity index is 343. The lowest BCUT2D eigenvalue weighted by molar-refractivity contribution is 0.103. The highest BCUT2D eigenvalue weighted by Gasteiger charge is 2.15. The molecule has 3 nitrogen and oxygen atoms in total. The van der Waals surface area contributed by atoms with Crippen molar-refractivity contribution >= 4 is 11.6 Å². The van der Waals surface area contributed by atoms with Gasteiger partial charge in [-0.1, -0.05) is 23.7 Å². The van der Waals surface area contributed by atoms with Crippen LogP contribution in [0.25, 0.3) is 0 Å². The molecule has 19 heavy (non-hydrogen) atoms. The molecule has 0 heterocycles. The van der Waals surface area contributed by atoms with Crippen molar-refractivity contribution in [1.29, 1.82) is 0 Å². The Morgan fingerprint density at radius 1 is 1.21 bits per heavy atom. The van der Waals surface area contributed by atoms with E-state index in [4.69, 9.17) is 21.1 Å². The van der Waals surface area contributed by atoms with Crippen molar-refractivity contribution in [3.8, 4) is 0 Å². The molecule has 0 aliphatic heterocycles. The highest BCUT2D eigenvalue weighted by molar-refractivity contribution is 6.30. The third kappa shape index (κ3) is 6.39. The minimum atomic E-state index is 0.241. The molecule has 108 valence electrons. The number of ether oxygens (including phenoxy) is 2. The van der Waals surface area contributed by atoms with E-state index in [1.54, 1.807) is 14.2 Å². The van der Waals surface area contributed by atoms with Gasteiger partial charge in [-0.25, -0.2) is 0 Å². The fraction of sp³-hybridized carbons (Fsp3) is 0.600. The average molecular weight is 286 g/mol. The number of halogens is 1. The lowest BCUT2D eigenvalue weighted by Gasteiger charge is -2.21. The van der Waals surface area contributed by atoms with Crippen LogP contribution >= 0.6 is 11.6 Å². The van der Waals surface area contributed by atoms with Crippen LogP contribution in [0.1, 0.15) is 24.8 Å². The number of hydrogen-bond donors (Lipinski definition) is 1. The monoisotopic (exact) mass is 285 g/mol. The Labute approximate surface area is 121 Å². The first-order chi connectivity index (χ1) is 9.17. The molecule has 4 heteroatoms. The number of benzene rings is 1. The summed E-state index contributed by atoms with van der Waals surface area (Å²) in [6.45, 7) is 4.60. The normalized spacial score (nSPS) is 14.3. The maximum atomic E-state index is 5.94. The van der Waals surface area contributed by atoms with Crippen molar-refractivity contribution in [2.24, 2.45) is 0 Å². The minimum absolute atomic E-state index is 0.241. The fourth-order valence-corrected chi connectivity index (χ4v) is 2.15. The van der Waals surface area contributed by atoms with Crippen molar-refractivity contribution in [3.05, 3.63) is 34.9 Å². The van der Waals surface area contributed by atoms with Gasteiger partial charge >= 0.3 is 0 Å². The molecule has 0 aliphatic carbocycles. The quantitative estimate of drug-likeness (QED) is 0.707. The minimum Gasteiger partial charge on any atom is -0.383 e. The topological polar surface area (TPSA) is 30.5 Å². The van der Waals surface area contributed by atoms with Gasteiger partial charge in [-0.05, 0) is 37.0 Å². The third-order valence-corrected chi connectivity index (χ3v) is 3.49. The van der Waals surface area contributed by atoms with Crippen LogP contribution in [0.15, 0.2) is 24.3 Å². The van der Waals surface area contributed by atoms with E-state index in [-0.39, 0.29) is 6.10 Å². The SMILES string of the molecule is COCCNCC(CC(C)OC)c1ccc(Cl)cc1. The van der Waals surface area contributed by atoms with Crippen molar-refractivity contribution in [2.75, 3.05) is 33.9 Å². The lowest BCUT2D eigenvalue weighted by atomic mass is 9.93. The third-order valence-electron chi connectivity index (χ3n) is 3.23. The van der Waals surface area contributed by atoms with Crippen molar-refractivity contribution < 1.29 is 9.47 Å². The molecular formula is C15H24ClNO2. The predicted molar refractivity (Wildman–Crippen MR) is 80.0 cm³/mol. The standard InChI is InChI=1S/C15H24ClNO2/c1-12(19-3)10-14(11-17-8-9-18-2)13-4-6-15(16)7-5-13/h4-7,12,14,17H,8-11H2,1-3H3. The highest BCUT2D eigenvalue weighted by Crippen LogP contribution is 2.23. The van der Waals surface area contributed by atoms with Crippen LogP contribution in [0.4, 0.5) is 0 Å². The smallest absolute Gasteiger partial charge is 0.0587 e. The summed E-state index contributed by atoms with van der Waals surface area (Å²) in [4.78, 5) is 0. The Kier molecular flexibility index (Phi) is 8.07. The van der Waals surface area contributed by atoms with E-state index in [9.17, 15) is 0 Å². The number of rotatable bonds is 9. The molecular weight excluding hydrogens is 262 g/mol. The summed E-state index contributed by atoms with van der Waals surface area (Å²) in [5, 5.41) is 4.19. The molecule has 0 saturated heterocycles. The zero-order valence-electron chi connectivity index (χ0n) is 12.0. The van der Waals surface area contributed by atoms with Crippen LogP contribution in [-0.2, 0) is 9.47 Å². The Morgan fingerprint density at radius 3 is 2.47 bits per heavy atom. The number of hydrogen-bond acceptors (Lipinski definition) is 3. The Morgan fingerprint density at radius 2 is 1.89 bits per heavy atom. The molecule has 0 bridgehead atoms. The first-order valence-electron chi connectivity index (χ1n) is 6.65. The van der Waals surface area contributed by atoms with Gasteiger partial charge in [-0.3, -0.25) is 0 Å². The summed E-state index contributed by atoms with van der Waals surface area (Å²) in [6.07, 6.45) is 1.22. The van der Waals surface area contributed by atoms with Gasteiger partial charge in [0.25, 0.3) is 0 Å². The maximum absolute atomic E-state index is 5.94. The maximum Gasteiger partial charge on any atom is 0.0587 e. The highest BCUT2D eigenvalue weighted by atomic mass is 35.5. The fourth-order valence-electron chi connectivity index (χ4n) is 2.02. The second kappa shape index (κ2) is 9.32. The van der Waals surface area contributed by atoms with Gasteiger partial charge in [0.05, 0.1) is 12.7 Å². The molecule has 0 amide bonds. The van der Waals surface area contributed by atoms with Gasteiger partial charge in [0, 0.05) is 32.3 Å². The molecule has 0 aromatic heterocycles. The van der Waals surface area contributed by atoms with Crippen LogP contribution in [0.3, 0.4) is 0 Å². The van der Waals surface area contributed by atoms with Crippen LogP contribution in [0, 0.1) is 0 Å². The molecule has 0 spiro atoms. The predicted octanol–water partition coefficient (Wildman–Crippen LogP) is 3.08. The van der Waals surface area contributed by atoms with Gasteiger partial charge in [0.15, 0.2) is 0 Å². The second-order valence-electron chi connectivity index (χ2n) is 4.73. The van der Waals surface area contributed by atoms with Crippen molar-refractivity contribution in [2.45, 2.75) is 25.4 Å². The molecule has 0 radical (unpaired) electrons. The summed E-state index contributed by atoms with van der Waals surface area (Å²) in [5.41, 5.74) is 1.29. The van der Waals surface area contributed by atoms with Gasteiger partial charge in [-0.2, -0.15) is 0 Å². The molecule has 0 fully saturated rings. The largest absolute Gasteiger partial charge is 0.383 e. The van der Waals surface area contributed by atoms with Gasteiger partial charge in [0.2, 0.25) is 0 Å². The zero-order valence-corrected chi connectivity index (χ0v) is 12.7. The molecule has 1 aromatic carbocycles. The van der Waals surface area contributed by atoms with Crippen LogP contribution in [-0.4, -0.2) is 40.0 Å². The van der Waals surface area contributed by atoms with E-state index in [2.05, 4.69) is 24.4 Å². The first-order valence-corrected chi connectivity index (χ1v) is 7.03. The summed E-state index contributed by atoms with van der Waals surface area (Å²) in [7, 11) is 3.47. The number of nitrogens with one attached hydrogen (secondary N) is 1. The van der Waals surface area contributed by atoms with Crippen LogP contribution in [0.2, 0.25) is 5.02 Å². The Balaban J connectivity index is 2.60. The molecule has 1 aromatic rings. The van der Waals surface area contributed by atoms with Crippen LogP contribution in [0.5, 0.6) is 0 Å². The van der Waals surface area contributed by atoms with Crippen molar-refractivity contribution in [3.63, 3.8) is 0 Å². The average Bonchev–Trinajstić information content (AvgIpc) is 2.43. The van der Waals surface area contributed by atoms with Gasteiger partial charge in [0.1, 0.15) is 0 Å². The van der Waals surface area contributed by atoms with E-state index in [1.165, 1.54) is 5.56 Å². The van der Waals surface area contributed by atoms with E-state index >= 15 is 0 Å². The molecule has 1 rings (SSSR count). The summed E-state index contributed by atoms with van der Waals surface area (Å²) < 4.78 is 10.4. The molecule has 1 N–H and O–H groups in total. The summed E-state index contributed by atoms with van der Waals surface area (Å²) in [6, 6.07) is 8.06. The molecule has 2 atom stereocenters. The van der Waals surface area contributed by atoms with E-state index in [0.717, 1.165) is 31.1 Å². The van der Waals surface area contributed by atoms with Crippen LogP contribution < -0.4 is 5.32 Å². The number of methoxy groups -OCH3 is 2. The summed E-state index contributed by atoms with van der Waals surface area (Å²) in [5.74, 6) is 0.420. The lowest BCUT2D eigenvalue weighted by Crippen LogP contribution is -2.27. The molecule has 0 saturated carbocycles.